The predicted molar refractivity (Wildman–Crippen MR) is 68.3 cm³/mol. The number of hydrogen-bond acceptors (Lipinski definition) is 3. The molecule has 2 rings (SSSR count). The molecule has 0 bridgehead atoms. The molecule has 0 unspecified atom stereocenters. The van der Waals surface area contributed by atoms with Gasteiger partial charge in [-0.15, -0.1) is 0 Å². The number of nitrogens with one attached hydrogen (secondary N) is 1. The average molecular weight is 273 g/mol. The number of hydrogen-bond donors (Lipinski definition) is 2. The number of nitrogens with two attached hydrogens (primary N) is 1. The van der Waals surface area contributed by atoms with E-state index in [1.165, 1.54) is 18.2 Å². The highest BCUT2D eigenvalue weighted by Gasteiger charge is 2.21. The Morgan fingerprint density at radius 3 is 2.53 bits per heavy atom. The smallest absolute Gasteiger partial charge is 0.240 e. The van der Waals surface area contributed by atoms with Crippen LogP contribution in [0.5, 0.6) is 0 Å². The number of halogens is 1. The number of rotatable bonds is 3. The van der Waals surface area contributed by atoms with Crippen molar-refractivity contribution in [1.82, 2.24) is 4.72 Å². The lowest BCUT2D eigenvalue weighted by Crippen LogP contribution is -2.32. The van der Waals surface area contributed by atoms with Crippen LogP contribution in [0, 0.1) is 0 Å². The van der Waals surface area contributed by atoms with Crippen LogP contribution in [0.4, 0.5) is 5.69 Å². The van der Waals surface area contributed by atoms with Gasteiger partial charge in [0.2, 0.25) is 10.0 Å². The Labute approximate surface area is 106 Å². The Kier molecular flexibility index (Phi) is 3.42. The van der Waals surface area contributed by atoms with Crippen LogP contribution in [0.1, 0.15) is 12.8 Å². The van der Waals surface area contributed by atoms with Crippen LogP contribution in [0.25, 0.3) is 0 Å². The molecule has 0 amide bonds. The summed E-state index contributed by atoms with van der Waals surface area (Å²) in [6, 6.07) is 4.24. The topological polar surface area (TPSA) is 72.2 Å². The van der Waals surface area contributed by atoms with E-state index in [1.54, 1.807) is 0 Å². The van der Waals surface area contributed by atoms with Crippen molar-refractivity contribution in [2.75, 3.05) is 5.73 Å². The van der Waals surface area contributed by atoms with E-state index < -0.39 is 10.0 Å². The molecule has 17 heavy (non-hydrogen) atoms. The second-order valence-corrected chi connectivity index (χ2v) is 6.07. The highest BCUT2D eigenvalue weighted by Crippen LogP contribution is 2.23. The fourth-order valence-electron chi connectivity index (χ4n) is 1.68. The Hall–Kier alpha value is -1.04. The Balaban J connectivity index is 2.22. The van der Waals surface area contributed by atoms with E-state index in [0.29, 0.717) is 5.69 Å². The van der Waals surface area contributed by atoms with Crippen molar-refractivity contribution in [3.8, 4) is 0 Å². The van der Waals surface area contributed by atoms with Crippen molar-refractivity contribution in [3.63, 3.8) is 0 Å². The minimum atomic E-state index is -3.51. The summed E-state index contributed by atoms with van der Waals surface area (Å²) in [7, 11) is -3.51. The maximum Gasteiger partial charge on any atom is 0.240 e. The van der Waals surface area contributed by atoms with E-state index in [1.807, 2.05) is 12.2 Å². The van der Waals surface area contributed by atoms with Gasteiger partial charge in [-0.1, -0.05) is 23.8 Å². The lowest BCUT2D eigenvalue weighted by molar-refractivity contribution is 0.557. The molecular formula is C11H13ClN2O2S. The van der Waals surface area contributed by atoms with E-state index in [0.717, 1.165) is 12.8 Å². The third kappa shape index (κ3) is 2.80. The molecule has 1 aliphatic carbocycles. The van der Waals surface area contributed by atoms with Crippen LogP contribution in [0.3, 0.4) is 0 Å². The second-order valence-electron chi connectivity index (χ2n) is 3.94. The average Bonchev–Trinajstić information content (AvgIpc) is 2.73. The fourth-order valence-corrected chi connectivity index (χ4v) is 3.21. The fraction of sp³-hybridized carbons (Fsp3) is 0.273. The van der Waals surface area contributed by atoms with Crippen LogP contribution in [0.2, 0.25) is 5.02 Å². The molecular weight excluding hydrogens is 260 g/mol. The summed E-state index contributed by atoms with van der Waals surface area (Å²) in [4.78, 5) is 0.142. The Bertz CT molecular complexity index is 547. The summed E-state index contributed by atoms with van der Waals surface area (Å²) in [6.45, 7) is 0. The van der Waals surface area contributed by atoms with Crippen molar-refractivity contribution in [1.29, 1.82) is 0 Å². The zero-order chi connectivity index (χ0) is 12.5. The monoisotopic (exact) mass is 272 g/mol. The molecule has 0 aromatic heterocycles. The summed E-state index contributed by atoms with van der Waals surface area (Å²) in [5.74, 6) is 0. The van der Waals surface area contributed by atoms with Gasteiger partial charge in [-0.2, -0.15) is 0 Å². The molecule has 0 saturated heterocycles. The van der Waals surface area contributed by atoms with Crippen LogP contribution in [-0.4, -0.2) is 14.5 Å². The molecule has 4 nitrogen and oxygen atoms in total. The summed E-state index contributed by atoms with van der Waals surface area (Å²) >= 11 is 5.81. The molecule has 0 fully saturated rings. The Morgan fingerprint density at radius 2 is 1.94 bits per heavy atom. The Morgan fingerprint density at radius 1 is 1.29 bits per heavy atom. The van der Waals surface area contributed by atoms with Crippen LogP contribution >= 0.6 is 11.6 Å². The van der Waals surface area contributed by atoms with E-state index in [4.69, 9.17) is 17.3 Å². The molecule has 92 valence electrons. The van der Waals surface area contributed by atoms with Gasteiger partial charge in [-0.3, -0.25) is 0 Å². The van der Waals surface area contributed by atoms with Gasteiger partial charge in [0.1, 0.15) is 0 Å². The van der Waals surface area contributed by atoms with Crippen LogP contribution < -0.4 is 10.5 Å². The van der Waals surface area contributed by atoms with Crippen LogP contribution in [-0.2, 0) is 10.0 Å². The molecule has 1 aromatic carbocycles. The first-order valence-electron chi connectivity index (χ1n) is 5.21. The standard InChI is InChI=1S/C11H13ClN2O2S/c12-10-7-9(5-6-11(10)13)17(15,16)14-8-3-1-2-4-8/h1-2,5-8,14H,3-4,13H2. The van der Waals surface area contributed by atoms with Crippen molar-refractivity contribution >= 4 is 27.3 Å². The molecule has 1 aliphatic rings. The molecule has 1 aromatic rings. The van der Waals surface area contributed by atoms with Gasteiger partial charge in [-0.25, -0.2) is 13.1 Å². The summed E-state index contributed by atoms with van der Waals surface area (Å²) in [5.41, 5.74) is 5.91. The zero-order valence-corrected chi connectivity index (χ0v) is 10.6. The number of benzene rings is 1. The molecule has 0 radical (unpaired) electrons. The first-order valence-corrected chi connectivity index (χ1v) is 7.07. The van der Waals surface area contributed by atoms with E-state index in [2.05, 4.69) is 4.72 Å². The van der Waals surface area contributed by atoms with Crippen molar-refractivity contribution in [2.45, 2.75) is 23.8 Å². The van der Waals surface area contributed by atoms with Crippen LogP contribution in [0.15, 0.2) is 35.2 Å². The number of sulfonamides is 1. The first-order chi connectivity index (χ1) is 7.99. The largest absolute Gasteiger partial charge is 0.398 e. The highest BCUT2D eigenvalue weighted by atomic mass is 35.5. The molecule has 0 heterocycles. The van der Waals surface area contributed by atoms with Gasteiger partial charge >= 0.3 is 0 Å². The number of anilines is 1. The van der Waals surface area contributed by atoms with E-state index >= 15 is 0 Å². The maximum atomic E-state index is 12.0. The quantitative estimate of drug-likeness (QED) is 0.652. The minimum absolute atomic E-state index is 0.0590. The summed E-state index contributed by atoms with van der Waals surface area (Å²) in [5, 5.41) is 0.248. The summed E-state index contributed by atoms with van der Waals surface area (Å²) in [6.07, 6.45) is 5.37. The van der Waals surface area contributed by atoms with Gasteiger partial charge in [0, 0.05) is 6.04 Å². The van der Waals surface area contributed by atoms with Crippen molar-refractivity contribution < 1.29 is 8.42 Å². The number of nitrogen functional groups attached to an aromatic ring is 1. The SMILES string of the molecule is Nc1ccc(S(=O)(=O)NC2CC=CC2)cc1Cl. The molecule has 0 saturated carbocycles. The zero-order valence-electron chi connectivity index (χ0n) is 9.06. The summed E-state index contributed by atoms with van der Waals surface area (Å²) < 4.78 is 26.7. The lowest BCUT2D eigenvalue weighted by Gasteiger charge is -2.13. The lowest BCUT2D eigenvalue weighted by atomic mass is 10.3. The third-order valence-electron chi connectivity index (χ3n) is 2.61. The van der Waals surface area contributed by atoms with Gasteiger partial charge in [-0.05, 0) is 31.0 Å². The molecule has 0 aliphatic heterocycles. The minimum Gasteiger partial charge on any atom is -0.398 e. The maximum absolute atomic E-state index is 12.0. The molecule has 0 atom stereocenters. The van der Waals surface area contributed by atoms with Crippen molar-refractivity contribution in [3.05, 3.63) is 35.4 Å². The van der Waals surface area contributed by atoms with Crippen molar-refractivity contribution in [2.24, 2.45) is 0 Å². The molecule has 6 heteroatoms. The van der Waals surface area contributed by atoms with E-state index in [9.17, 15) is 8.42 Å². The molecule has 0 spiro atoms. The third-order valence-corrected chi connectivity index (χ3v) is 4.46. The van der Waals surface area contributed by atoms with Gasteiger partial charge in [0.05, 0.1) is 15.6 Å². The van der Waals surface area contributed by atoms with Gasteiger partial charge in [0.25, 0.3) is 0 Å². The van der Waals surface area contributed by atoms with Gasteiger partial charge in [0.15, 0.2) is 0 Å². The first kappa shape index (κ1) is 12.4. The second kappa shape index (κ2) is 4.68. The normalized spacial score (nSPS) is 16.5. The highest BCUT2D eigenvalue weighted by molar-refractivity contribution is 7.89. The predicted octanol–water partition coefficient (Wildman–Crippen LogP) is 1.92. The van der Waals surface area contributed by atoms with E-state index in [-0.39, 0.29) is 16.0 Å². The van der Waals surface area contributed by atoms with Gasteiger partial charge < -0.3 is 5.73 Å². The molecule has 3 N–H and O–H groups in total.